The number of aromatic hydroxyl groups is 1. The van der Waals surface area contributed by atoms with Gasteiger partial charge in [-0.3, -0.25) is 0 Å². The van der Waals surface area contributed by atoms with Crippen LogP contribution in [0.2, 0.25) is 0 Å². The molecule has 0 bridgehead atoms. The normalized spacial score (nSPS) is 10.8. The molecule has 0 aliphatic rings. The molecule has 0 fully saturated rings. The second-order valence-electron chi connectivity index (χ2n) is 7.17. The van der Waals surface area contributed by atoms with Crippen molar-refractivity contribution in [3.63, 3.8) is 0 Å². The van der Waals surface area contributed by atoms with Gasteiger partial charge in [0.1, 0.15) is 11.6 Å². The Morgan fingerprint density at radius 2 is 1.00 bits per heavy atom. The maximum atomic E-state index is 9.61. The van der Waals surface area contributed by atoms with Gasteiger partial charge in [0.2, 0.25) is 0 Å². The van der Waals surface area contributed by atoms with Crippen molar-refractivity contribution in [3.05, 3.63) is 109 Å². The van der Waals surface area contributed by atoms with Crippen LogP contribution in [0.1, 0.15) is 0 Å². The van der Waals surface area contributed by atoms with E-state index in [1.807, 2.05) is 48.5 Å². The molecular formula is C27H20N2O. The molecule has 5 aromatic rings. The van der Waals surface area contributed by atoms with Crippen molar-refractivity contribution >= 4 is 0 Å². The Morgan fingerprint density at radius 1 is 0.500 bits per heavy atom. The van der Waals surface area contributed by atoms with Crippen LogP contribution in [0.15, 0.2) is 109 Å². The molecule has 30 heavy (non-hydrogen) atoms. The molecule has 0 aliphatic carbocycles. The highest BCUT2D eigenvalue weighted by atomic mass is 16.3. The van der Waals surface area contributed by atoms with Crippen LogP contribution in [-0.2, 0) is 0 Å². The van der Waals surface area contributed by atoms with Gasteiger partial charge in [0, 0.05) is 16.7 Å². The fraction of sp³-hybridized carbons (Fsp3) is 0. The summed E-state index contributed by atoms with van der Waals surface area (Å²) in [6, 6.07) is 36.2. The largest absolute Gasteiger partial charge is 0.508 e. The molecule has 0 spiro atoms. The molecule has 4 aromatic carbocycles. The van der Waals surface area contributed by atoms with E-state index >= 15 is 0 Å². The molecule has 1 aromatic heterocycles. The lowest BCUT2D eigenvalue weighted by atomic mass is 10.0. The third-order valence-electron chi connectivity index (χ3n) is 5.17. The first-order chi connectivity index (χ1) is 14.8. The van der Waals surface area contributed by atoms with Crippen molar-refractivity contribution < 1.29 is 5.11 Å². The molecule has 0 aliphatic heterocycles. The lowest BCUT2D eigenvalue weighted by Crippen LogP contribution is -1.84. The van der Waals surface area contributed by atoms with E-state index in [0.29, 0.717) is 0 Å². The van der Waals surface area contributed by atoms with Crippen LogP contribution in [0.4, 0.5) is 0 Å². The molecule has 2 N–H and O–H groups in total. The van der Waals surface area contributed by atoms with Crippen molar-refractivity contribution in [1.29, 1.82) is 0 Å². The first kappa shape index (κ1) is 18.0. The zero-order valence-electron chi connectivity index (χ0n) is 16.3. The number of benzene rings is 4. The smallest absolute Gasteiger partial charge is 0.138 e. The summed E-state index contributed by atoms with van der Waals surface area (Å²) in [6.07, 6.45) is 0. The summed E-state index contributed by atoms with van der Waals surface area (Å²) >= 11 is 0. The van der Waals surface area contributed by atoms with Gasteiger partial charge in [0.05, 0.1) is 11.4 Å². The number of nitrogens with zero attached hydrogens (tertiary/aromatic N) is 1. The van der Waals surface area contributed by atoms with E-state index in [9.17, 15) is 5.11 Å². The van der Waals surface area contributed by atoms with E-state index < -0.39 is 0 Å². The summed E-state index contributed by atoms with van der Waals surface area (Å²) in [6.45, 7) is 0. The zero-order valence-corrected chi connectivity index (χ0v) is 16.3. The summed E-state index contributed by atoms with van der Waals surface area (Å²) in [5.74, 6) is 1.02. The SMILES string of the molecule is Oc1ccc(-c2nc(-c3ccc(-c4ccccc4)cc3)c(-c3ccccc3)[nH]2)cc1. The van der Waals surface area contributed by atoms with Gasteiger partial charge >= 0.3 is 0 Å². The molecule has 0 atom stereocenters. The van der Waals surface area contributed by atoms with Crippen LogP contribution >= 0.6 is 0 Å². The lowest BCUT2D eigenvalue weighted by Gasteiger charge is -2.05. The molecule has 0 saturated heterocycles. The first-order valence-corrected chi connectivity index (χ1v) is 9.88. The number of phenols is 1. The zero-order chi connectivity index (χ0) is 20.3. The third kappa shape index (κ3) is 3.49. The summed E-state index contributed by atoms with van der Waals surface area (Å²) in [4.78, 5) is 8.41. The number of nitrogens with one attached hydrogen (secondary N) is 1. The molecule has 0 unspecified atom stereocenters. The van der Waals surface area contributed by atoms with Gasteiger partial charge in [-0.25, -0.2) is 4.98 Å². The van der Waals surface area contributed by atoms with Crippen molar-refractivity contribution in [3.8, 4) is 50.8 Å². The van der Waals surface area contributed by atoms with Crippen LogP contribution < -0.4 is 0 Å². The summed E-state index contributed by atoms with van der Waals surface area (Å²) in [5.41, 5.74) is 7.31. The van der Waals surface area contributed by atoms with Gasteiger partial charge in [-0.1, -0.05) is 84.9 Å². The highest BCUT2D eigenvalue weighted by Crippen LogP contribution is 2.34. The molecule has 0 amide bonds. The quantitative estimate of drug-likeness (QED) is 0.356. The molecule has 1 heterocycles. The lowest BCUT2D eigenvalue weighted by molar-refractivity contribution is 0.475. The number of hydrogen-bond donors (Lipinski definition) is 2. The third-order valence-corrected chi connectivity index (χ3v) is 5.17. The number of rotatable bonds is 4. The number of aromatic nitrogens is 2. The Morgan fingerprint density at radius 3 is 1.63 bits per heavy atom. The van der Waals surface area contributed by atoms with E-state index in [0.717, 1.165) is 33.9 Å². The minimum atomic E-state index is 0.241. The Kier molecular flexibility index (Phi) is 4.62. The average Bonchev–Trinajstić information content (AvgIpc) is 3.26. The number of phenolic OH excluding ortho intramolecular Hbond substituents is 1. The van der Waals surface area contributed by atoms with E-state index in [2.05, 4.69) is 53.5 Å². The molecule has 0 saturated carbocycles. The van der Waals surface area contributed by atoms with E-state index in [1.54, 1.807) is 12.1 Å². The molecule has 3 nitrogen and oxygen atoms in total. The standard InChI is InChI=1S/C27H20N2O/c30-24-17-15-23(16-18-24)27-28-25(21-9-5-2-6-10-21)26(29-27)22-13-11-20(12-14-22)19-7-3-1-4-8-19/h1-18,30H,(H,28,29). The maximum Gasteiger partial charge on any atom is 0.138 e. The van der Waals surface area contributed by atoms with Crippen LogP contribution in [0.5, 0.6) is 5.75 Å². The van der Waals surface area contributed by atoms with Gasteiger partial charge in [-0.2, -0.15) is 0 Å². The van der Waals surface area contributed by atoms with Crippen LogP contribution in [0, 0.1) is 0 Å². The van der Waals surface area contributed by atoms with E-state index in [4.69, 9.17) is 4.98 Å². The Hall–Kier alpha value is -4.11. The molecule has 3 heteroatoms. The van der Waals surface area contributed by atoms with Crippen LogP contribution in [-0.4, -0.2) is 15.1 Å². The predicted octanol–water partition coefficient (Wildman–Crippen LogP) is 6.78. The monoisotopic (exact) mass is 388 g/mol. The van der Waals surface area contributed by atoms with Gasteiger partial charge < -0.3 is 10.1 Å². The van der Waals surface area contributed by atoms with E-state index in [1.165, 1.54) is 11.1 Å². The van der Waals surface area contributed by atoms with Gasteiger partial charge in [0.25, 0.3) is 0 Å². The Balaban J connectivity index is 1.60. The fourth-order valence-corrected chi connectivity index (χ4v) is 3.60. The highest BCUT2D eigenvalue weighted by Gasteiger charge is 2.15. The van der Waals surface area contributed by atoms with Crippen molar-refractivity contribution in [2.45, 2.75) is 0 Å². The maximum absolute atomic E-state index is 9.61. The average molecular weight is 388 g/mol. The van der Waals surface area contributed by atoms with Crippen LogP contribution in [0.25, 0.3) is 45.0 Å². The predicted molar refractivity (Wildman–Crippen MR) is 122 cm³/mol. The van der Waals surface area contributed by atoms with Gasteiger partial charge in [-0.05, 0) is 35.4 Å². The number of aromatic amines is 1. The first-order valence-electron chi connectivity index (χ1n) is 9.88. The second kappa shape index (κ2) is 7.72. The van der Waals surface area contributed by atoms with Crippen molar-refractivity contribution in [1.82, 2.24) is 9.97 Å². The Bertz CT molecular complexity index is 1260. The topological polar surface area (TPSA) is 48.9 Å². The summed E-state index contributed by atoms with van der Waals surface area (Å²) in [5, 5.41) is 9.61. The summed E-state index contributed by atoms with van der Waals surface area (Å²) in [7, 11) is 0. The minimum absolute atomic E-state index is 0.241. The molecular weight excluding hydrogens is 368 g/mol. The number of H-pyrrole nitrogens is 1. The number of hydrogen-bond acceptors (Lipinski definition) is 2. The summed E-state index contributed by atoms with van der Waals surface area (Å²) < 4.78 is 0. The molecule has 5 rings (SSSR count). The molecule has 0 radical (unpaired) electrons. The van der Waals surface area contributed by atoms with Crippen LogP contribution in [0.3, 0.4) is 0 Å². The number of imidazole rings is 1. The van der Waals surface area contributed by atoms with Gasteiger partial charge in [0.15, 0.2) is 0 Å². The fourth-order valence-electron chi connectivity index (χ4n) is 3.60. The van der Waals surface area contributed by atoms with Gasteiger partial charge in [-0.15, -0.1) is 0 Å². The second-order valence-corrected chi connectivity index (χ2v) is 7.17. The minimum Gasteiger partial charge on any atom is -0.508 e. The Labute approximate surface area is 175 Å². The molecule has 144 valence electrons. The van der Waals surface area contributed by atoms with E-state index in [-0.39, 0.29) is 5.75 Å². The van der Waals surface area contributed by atoms with Crippen molar-refractivity contribution in [2.75, 3.05) is 0 Å². The highest BCUT2D eigenvalue weighted by molar-refractivity contribution is 5.82. The van der Waals surface area contributed by atoms with Crippen molar-refractivity contribution in [2.24, 2.45) is 0 Å².